The molecule has 1 N–H and O–H groups in total. The number of ether oxygens (including phenoxy) is 1. The quantitative estimate of drug-likeness (QED) is 0.805. The van der Waals surface area contributed by atoms with Crippen LogP contribution in [0.1, 0.15) is 48.7 Å². The lowest BCUT2D eigenvalue weighted by Gasteiger charge is -2.32. The number of morpholine rings is 1. The molecule has 0 radical (unpaired) electrons. The molecule has 0 bridgehead atoms. The summed E-state index contributed by atoms with van der Waals surface area (Å²) in [5, 5.41) is 3.13. The Morgan fingerprint density at radius 3 is 2.03 bits per heavy atom. The van der Waals surface area contributed by atoms with E-state index in [0.717, 1.165) is 56.6 Å². The van der Waals surface area contributed by atoms with Crippen molar-refractivity contribution in [3.05, 3.63) is 59.7 Å². The zero-order valence-corrected chi connectivity index (χ0v) is 18.1. The predicted molar refractivity (Wildman–Crippen MR) is 122 cm³/mol. The van der Waals surface area contributed by atoms with Crippen molar-refractivity contribution in [1.29, 1.82) is 0 Å². The van der Waals surface area contributed by atoms with Crippen molar-refractivity contribution in [3.63, 3.8) is 0 Å². The van der Waals surface area contributed by atoms with Crippen LogP contribution in [0, 0.1) is 5.92 Å². The molecule has 5 nitrogen and oxygen atoms in total. The summed E-state index contributed by atoms with van der Waals surface area (Å²) in [5.41, 5.74) is 4.24. The minimum atomic E-state index is -0.0369. The molecule has 2 fully saturated rings. The van der Waals surface area contributed by atoms with Crippen LogP contribution in [0.25, 0.3) is 0 Å². The number of nitrogens with zero attached hydrogens (tertiary/aromatic N) is 2. The average molecular weight is 408 g/mol. The van der Waals surface area contributed by atoms with E-state index in [1.54, 1.807) is 0 Å². The Bertz CT molecular complexity index is 820. The number of benzene rings is 2. The summed E-state index contributed by atoms with van der Waals surface area (Å²) in [5.74, 6) is 0.795. The van der Waals surface area contributed by atoms with Crippen LogP contribution in [-0.2, 0) is 4.74 Å². The maximum absolute atomic E-state index is 12.7. The summed E-state index contributed by atoms with van der Waals surface area (Å²) in [6, 6.07) is 16.5. The molecule has 0 aromatic heterocycles. The molecule has 1 atom stereocenters. The lowest BCUT2D eigenvalue weighted by molar-refractivity contribution is 0.0940. The number of carbonyl (C=O) groups excluding carboxylic acids is 1. The lowest BCUT2D eigenvalue weighted by Crippen LogP contribution is -2.36. The molecule has 2 aliphatic heterocycles. The standard InChI is InChI=1S/C25H33N3O2/c1-19-11-13-27(14-12-19)23-7-3-21(4-8-23)20(2)26-25(29)22-5-9-24(10-6-22)28-15-17-30-18-16-28/h3-10,19-20H,11-18H2,1-2H3,(H,26,29). The van der Waals surface area contributed by atoms with Gasteiger partial charge in [-0.3, -0.25) is 4.79 Å². The van der Waals surface area contributed by atoms with Crippen molar-refractivity contribution < 1.29 is 9.53 Å². The van der Waals surface area contributed by atoms with E-state index in [2.05, 4.69) is 46.3 Å². The van der Waals surface area contributed by atoms with E-state index in [4.69, 9.17) is 4.74 Å². The third-order valence-electron chi connectivity index (χ3n) is 6.40. The number of nitrogens with one attached hydrogen (secondary N) is 1. The highest BCUT2D eigenvalue weighted by atomic mass is 16.5. The van der Waals surface area contributed by atoms with Crippen molar-refractivity contribution in [2.75, 3.05) is 49.2 Å². The molecule has 2 heterocycles. The van der Waals surface area contributed by atoms with Crippen LogP contribution in [0.15, 0.2) is 48.5 Å². The Labute approximate surface area is 180 Å². The summed E-state index contributed by atoms with van der Waals surface area (Å²) < 4.78 is 5.41. The van der Waals surface area contributed by atoms with E-state index in [-0.39, 0.29) is 11.9 Å². The number of carbonyl (C=O) groups is 1. The van der Waals surface area contributed by atoms with Gasteiger partial charge < -0.3 is 19.9 Å². The highest BCUT2D eigenvalue weighted by molar-refractivity contribution is 5.94. The van der Waals surface area contributed by atoms with Gasteiger partial charge in [0.15, 0.2) is 0 Å². The second kappa shape index (κ2) is 9.52. The smallest absolute Gasteiger partial charge is 0.251 e. The fourth-order valence-electron chi connectivity index (χ4n) is 4.25. The normalized spacial score (nSPS) is 18.9. The Kier molecular flexibility index (Phi) is 6.58. The molecule has 2 aromatic rings. The number of piperidine rings is 1. The van der Waals surface area contributed by atoms with Crippen LogP contribution in [0.2, 0.25) is 0 Å². The number of amides is 1. The van der Waals surface area contributed by atoms with Gasteiger partial charge >= 0.3 is 0 Å². The average Bonchev–Trinajstić information content (AvgIpc) is 2.80. The fourth-order valence-corrected chi connectivity index (χ4v) is 4.25. The van der Waals surface area contributed by atoms with Crippen LogP contribution in [-0.4, -0.2) is 45.3 Å². The van der Waals surface area contributed by atoms with Gasteiger partial charge in [0.1, 0.15) is 0 Å². The van der Waals surface area contributed by atoms with Crippen molar-refractivity contribution in [2.45, 2.75) is 32.7 Å². The Hall–Kier alpha value is -2.53. The Morgan fingerprint density at radius 1 is 0.900 bits per heavy atom. The van der Waals surface area contributed by atoms with Crippen LogP contribution >= 0.6 is 0 Å². The molecule has 0 saturated carbocycles. The molecule has 0 aliphatic carbocycles. The highest BCUT2D eigenvalue weighted by Crippen LogP contribution is 2.25. The molecule has 2 saturated heterocycles. The highest BCUT2D eigenvalue weighted by Gasteiger charge is 2.17. The molecular formula is C25H33N3O2. The molecule has 4 rings (SSSR count). The van der Waals surface area contributed by atoms with Crippen molar-refractivity contribution >= 4 is 17.3 Å². The molecule has 5 heteroatoms. The lowest BCUT2D eigenvalue weighted by atomic mass is 9.98. The van der Waals surface area contributed by atoms with Crippen molar-refractivity contribution in [2.24, 2.45) is 5.92 Å². The maximum Gasteiger partial charge on any atom is 0.251 e. The maximum atomic E-state index is 12.7. The number of hydrogen-bond acceptors (Lipinski definition) is 4. The third-order valence-corrected chi connectivity index (χ3v) is 6.40. The summed E-state index contributed by atoms with van der Waals surface area (Å²) in [6.07, 6.45) is 2.52. The van der Waals surface area contributed by atoms with Gasteiger partial charge in [-0.2, -0.15) is 0 Å². The zero-order valence-electron chi connectivity index (χ0n) is 18.1. The van der Waals surface area contributed by atoms with Gasteiger partial charge in [0, 0.05) is 43.1 Å². The topological polar surface area (TPSA) is 44.8 Å². The second-order valence-electron chi connectivity index (χ2n) is 8.60. The van der Waals surface area contributed by atoms with Gasteiger partial charge in [0.05, 0.1) is 19.3 Å². The van der Waals surface area contributed by atoms with E-state index in [9.17, 15) is 4.79 Å². The van der Waals surface area contributed by atoms with Gasteiger partial charge in [0.25, 0.3) is 5.91 Å². The molecular weight excluding hydrogens is 374 g/mol. The molecule has 1 unspecified atom stereocenters. The molecule has 2 aromatic carbocycles. The first-order chi connectivity index (χ1) is 14.6. The van der Waals surface area contributed by atoms with Crippen LogP contribution in [0.4, 0.5) is 11.4 Å². The van der Waals surface area contributed by atoms with Crippen molar-refractivity contribution in [1.82, 2.24) is 5.32 Å². The first-order valence-corrected chi connectivity index (χ1v) is 11.2. The summed E-state index contributed by atoms with van der Waals surface area (Å²) >= 11 is 0. The van der Waals surface area contributed by atoms with Crippen molar-refractivity contribution in [3.8, 4) is 0 Å². The first-order valence-electron chi connectivity index (χ1n) is 11.2. The summed E-state index contributed by atoms with van der Waals surface area (Å²) in [4.78, 5) is 17.5. The van der Waals surface area contributed by atoms with E-state index < -0.39 is 0 Å². The van der Waals surface area contributed by atoms with Crippen LogP contribution < -0.4 is 15.1 Å². The van der Waals surface area contributed by atoms with Gasteiger partial charge in [-0.05, 0) is 67.6 Å². The van der Waals surface area contributed by atoms with E-state index >= 15 is 0 Å². The number of anilines is 2. The summed E-state index contributed by atoms with van der Waals surface area (Å²) in [7, 11) is 0. The number of rotatable bonds is 5. The number of hydrogen-bond donors (Lipinski definition) is 1. The van der Waals surface area contributed by atoms with Gasteiger partial charge in [0.2, 0.25) is 0 Å². The largest absolute Gasteiger partial charge is 0.378 e. The minimum Gasteiger partial charge on any atom is -0.378 e. The molecule has 2 aliphatic rings. The van der Waals surface area contributed by atoms with Crippen LogP contribution in [0.5, 0.6) is 0 Å². The molecule has 0 spiro atoms. The Balaban J connectivity index is 1.33. The first kappa shape index (κ1) is 20.7. The molecule has 160 valence electrons. The van der Waals surface area contributed by atoms with Gasteiger partial charge in [-0.15, -0.1) is 0 Å². The third kappa shape index (κ3) is 4.96. The van der Waals surface area contributed by atoms with Crippen LogP contribution in [0.3, 0.4) is 0 Å². The van der Waals surface area contributed by atoms with Gasteiger partial charge in [-0.25, -0.2) is 0 Å². The monoisotopic (exact) mass is 407 g/mol. The second-order valence-corrected chi connectivity index (χ2v) is 8.60. The van der Waals surface area contributed by atoms with E-state index in [1.807, 2.05) is 31.2 Å². The SMILES string of the molecule is CC1CCN(c2ccc(C(C)NC(=O)c3ccc(N4CCOCC4)cc3)cc2)CC1. The van der Waals surface area contributed by atoms with Gasteiger partial charge in [-0.1, -0.05) is 19.1 Å². The van der Waals surface area contributed by atoms with E-state index in [1.165, 1.54) is 18.5 Å². The van der Waals surface area contributed by atoms with E-state index in [0.29, 0.717) is 5.56 Å². The Morgan fingerprint density at radius 2 is 1.43 bits per heavy atom. The zero-order chi connectivity index (χ0) is 20.9. The predicted octanol–water partition coefficient (Wildman–Crippen LogP) is 4.25. The minimum absolute atomic E-state index is 0.0353. The fraction of sp³-hybridized carbons (Fsp3) is 0.480. The summed E-state index contributed by atoms with van der Waals surface area (Å²) in [6.45, 7) is 9.95. The molecule has 30 heavy (non-hydrogen) atoms. The molecule has 1 amide bonds.